The number of rotatable bonds is 3. The average Bonchev–Trinajstić information content (AvgIpc) is 2.54. The Morgan fingerprint density at radius 3 is 2.57 bits per heavy atom. The van der Waals surface area contributed by atoms with Gasteiger partial charge in [-0.05, 0) is 43.2 Å². The summed E-state index contributed by atoms with van der Waals surface area (Å²) < 4.78 is 24.5. The molecule has 2 aliphatic rings. The van der Waals surface area contributed by atoms with E-state index in [4.69, 9.17) is 0 Å². The lowest BCUT2D eigenvalue weighted by atomic mass is 9.87. The molecule has 5 nitrogen and oxygen atoms in total. The Labute approximate surface area is 138 Å². The van der Waals surface area contributed by atoms with Crippen LogP contribution in [0.4, 0.5) is 0 Å². The summed E-state index contributed by atoms with van der Waals surface area (Å²) >= 11 is 0. The van der Waals surface area contributed by atoms with Gasteiger partial charge in [-0.3, -0.25) is 4.79 Å². The summed E-state index contributed by atoms with van der Waals surface area (Å²) in [4.78, 5) is 12.6. The molecular formula is C17H24N2O3S. The zero-order valence-electron chi connectivity index (χ0n) is 13.5. The molecule has 0 saturated carbocycles. The van der Waals surface area contributed by atoms with Gasteiger partial charge in [-0.15, -0.1) is 0 Å². The number of sulfonamides is 1. The van der Waals surface area contributed by atoms with Crippen LogP contribution in [0.15, 0.2) is 24.3 Å². The third kappa shape index (κ3) is 3.75. The number of carbonyl (C=O) groups is 1. The van der Waals surface area contributed by atoms with Crippen molar-refractivity contribution in [1.29, 1.82) is 0 Å². The fourth-order valence-electron chi connectivity index (χ4n) is 3.64. The summed E-state index contributed by atoms with van der Waals surface area (Å²) in [7, 11) is -3.14. The molecule has 0 radical (unpaired) electrons. The summed E-state index contributed by atoms with van der Waals surface area (Å²) in [5, 5.41) is 3.19. The van der Waals surface area contributed by atoms with Gasteiger partial charge in [-0.1, -0.05) is 24.3 Å². The van der Waals surface area contributed by atoms with Gasteiger partial charge in [0, 0.05) is 19.0 Å². The second-order valence-corrected chi connectivity index (χ2v) is 8.57. The highest BCUT2D eigenvalue weighted by atomic mass is 32.2. The van der Waals surface area contributed by atoms with Gasteiger partial charge in [0.05, 0.1) is 12.3 Å². The van der Waals surface area contributed by atoms with Crippen molar-refractivity contribution in [3.05, 3.63) is 35.4 Å². The predicted octanol–water partition coefficient (Wildman–Crippen LogP) is 1.85. The Balaban J connectivity index is 1.61. The fraction of sp³-hybridized carbons (Fsp3) is 0.588. The summed E-state index contributed by atoms with van der Waals surface area (Å²) in [5.41, 5.74) is 2.57. The maximum Gasteiger partial charge on any atom is 0.223 e. The number of fused-ring (bicyclic) bond motifs is 1. The third-order valence-electron chi connectivity index (χ3n) is 4.98. The van der Waals surface area contributed by atoms with E-state index < -0.39 is 10.0 Å². The molecule has 126 valence electrons. The molecule has 1 aliphatic carbocycles. The number of hydrogen-bond acceptors (Lipinski definition) is 3. The summed E-state index contributed by atoms with van der Waals surface area (Å²) in [6.45, 7) is 0.885. The molecule has 0 spiro atoms. The Bertz CT molecular complexity index is 679. The molecule has 1 saturated heterocycles. The number of nitrogens with zero attached hydrogens (tertiary/aromatic N) is 1. The molecule has 3 rings (SSSR count). The first-order valence-corrected chi connectivity index (χ1v) is 10.1. The van der Waals surface area contributed by atoms with Gasteiger partial charge in [0.1, 0.15) is 0 Å². The second-order valence-electron chi connectivity index (χ2n) is 6.59. The average molecular weight is 336 g/mol. The molecular weight excluding hydrogens is 312 g/mol. The van der Waals surface area contributed by atoms with E-state index >= 15 is 0 Å². The predicted molar refractivity (Wildman–Crippen MR) is 89.4 cm³/mol. The maximum atomic E-state index is 12.6. The number of amides is 1. The van der Waals surface area contributed by atoms with E-state index in [-0.39, 0.29) is 17.9 Å². The quantitative estimate of drug-likeness (QED) is 0.916. The molecule has 0 bridgehead atoms. The van der Waals surface area contributed by atoms with Crippen molar-refractivity contribution in [3.8, 4) is 0 Å². The molecule has 1 atom stereocenters. The summed E-state index contributed by atoms with van der Waals surface area (Å²) in [5.74, 6) is -0.0121. The van der Waals surface area contributed by atoms with Crippen LogP contribution in [0.2, 0.25) is 0 Å². The lowest BCUT2D eigenvalue weighted by Gasteiger charge is -2.32. The highest BCUT2D eigenvalue weighted by Gasteiger charge is 2.30. The van der Waals surface area contributed by atoms with Crippen LogP contribution in [0, 0.1) is 5.92 Å². The maximum absolute atomic E-state index is 12.6. The van der Waals surface area contributed by atoms with Crippen LogP contribution in [0.3, 0.4) is 0 Å². The lowest BCUT2D eigenvalue weighted by molar-refractivity contribution is -0.127. The van der Waals surface area contributed by atoms with Crippen LogP contribution < -0.4 is 5.32 Å². The monoisotopic (exact) mass is 336 g/mol. The molecule has 1 N–H and O–H groups in total. The Hall–Kier alpha value is -1.40. The Kier molecular flexibility index (Phi) is 4.73. The topological polar surface area (TPSA) is 66.5 Å². The molecule has 1 heterocycles. The number of aryl methyl sites for hydroxylation is 1. The van der Waals surface area contributed by atoms with E-state index in [1.807, 2.05) is 12.1 Å². The highest BCUT2D eigenvalue weighted by molar-refractivity contribution is 7.88. The van der Waals surface area contributed by atoms with Crippen molar-refractivity contribution >= 4 is 15.9 Å². The van der Waals surface area contributed by atoms with Crippen molar-refractivity contribution < 1.29 is 13.2 Å². The minimum atomic E-state index is -3.14. The molecule has 1 aromatic carbocycles. The smallest absolute Gasteiger partial charge is 0.223 e. The standard InChI is InChI=1S/C17H24N2O3S/c1-23(21,22)19-11-9-14(10-12-19)17(20)18-16-8-4-6-13-5-2-3-7-15(13)16/h2-3,5,7,14,16H,4,6,8-12H2,1H3,(H,18,20). The first kappa shape index (κ1) is 16.5. The zero-order valence-corrected chi connectivity index (χ0v) is 14.3. The molecule has 23 heavy (non-hydrogen) atoms. The Morgan fingerprint density at radius 2 is 1.87 bits per heavy atom. The molecule has 1 unspecified atom stereocenters. The van der Waals surface area contributed by atoms with E-state index in [9.17, 15) is 13.2 Å². The van der Waals surface area contributed by atoms with Crippen LogP contribution in [0.25, 0.3) is 0 Å². The molecule has 6 heteroatoms. The van der Waals surface area contributed by atoms with E-state index in [0.717, 1.165) is 19.3 Å². The Morgan fingerprint density at radius 1 is 1.17 bits per heavy atom. The minimum absolute atomic E-state index is 0.0693. The van der Waals surface area contributed by atoms with Crippen molar-refractivity contribution in [1.82, 2.24) is 9.62 Å². The van der Waals surface area contributed by atoms with E-state index in [1.54, 1.807) is 0 Å². The SMILES string of the molecule is CS(=O)(=O)N1CCC(C(=O)NC2CCCc3ccccc32)CC1. The minimum Gasteiger partial charge on any atom is -0.349 e. The van der Waals surface area contributed by atoms with Gasteiger partial charge in [-0.2, -0.15) is 0 Å². The van der Waals surface area contributed by atoms with Crippen LogP contribution >= 0.6 is 0 Å². The lowest BCUT2D eigenvalue weighted by Crippen LogP contribution is -2.43. The van der Waals surface area contributed by atoms with Gasteiger partial charge in [0.2, 0.25) is 15.9 Å². The summed E-state index contributed by atoms with van der Waals surface area (Å²) in [6, 6.07) is 8.40. The van der Waals surface area contributed by atoms with Crippen LogP contribution in [-0.2, 0) is 21.2 Å². The number of hydrogen-bond donors (Lipinski definition) is 1. The van der Waals surface area contributed by atoms with Gasteiger partial charge in [0.15, 0.2) is 0 Å². The molecule has 0 aromatic heterocycles. The first-order valence-electron chi connectivity index (χ1n) is 8.28. The molecule has 1 fully saturated rings. The van der Waals surface area contributed by atoms with Gasteiger partial charge in [0.25, 0.3) is 0 Å². The van der Waals surface area contributed by atoms with Gasteiger partial charge in [-0.25, -0.2) is 12.7 Å². The number of nitrogens with one attached hydrogen (secondary N) is 1. The van der Waals surface area contributed by atoms with Crippen molar-refractivity contribution in [2.75, 3.05) is 19.3 Å². The van der Waals surface area contributed by atoms with E-state index in [1.165, 1.54) is 21.7 Å². The fourth-order valence-corrected chi connectivity index (χ4v) is 4.52. The van der Waals surface area contributed by atoms with Crippen LogP contribution in [0.1, 0.15) is 42.9 Å². The first-order chi connectivity index (χ1) is 10.9. The summed E-state index contributed by atoms with van der Waals surface area (Å²) in [6.07, 6.45) is 5.58. The molecule has 1 aromatic rings. The number of carbonyl (C=O) groups excluding carboxylic acids is 1. The van der Waals surface area contributed by atoms with Gasteiger partial charge < -0.3 is 5.32 Å². The number of benzene rings is 1. The molecule has 1 aliphatic heterocycles. The van der Waals surface area contributed by atoms with Crippen molar-refractivity contribution in [2.45, 2.75) is 38.1 Å². The largest absolute Gasteiger partial charge is 0.349 e. The van der Waals surface area contributed by atoms with Crippen LogP contribution in [0.5, 0.6) is 0 Å². The highest BCUT2D eigenvalue weighted by Crippen LogP contribution is 2.30. The van der Waals surface area contributed by atoms with Gasteiger partial charge >= 0.3 is 0 Å². The van der Waals surface area contributed by atoms with E-state index in [0.29, 0.717) is 25.9 Å². The van der Waals surface area contributed by atoms with Crippen molar-refractivity contribution in [2.24, 2.45) is 5.92 Å². The van der Waals surface area contributed by atoms with Crippen LogP contribution in [-0.4, -0.2) is 38.0 Å². The number of piperidine rings is 1. The normalized spacial score (nSPS) is 23.3. The van der Waals surface area contributed by atoms with Crippen molar-refractivity contribution in [3.63, 3.8) is 0 Å². The molecule has 1 amide bonds. The second kappa shape index (κ2) is 6.61. The third-order valence-corrected chi connectivity index (χ3v) is 6.28. The zero-order chi connectivity index (χ0) is 16.4. The van der Waals surface area contributed by atoms with E-state index in [2.05, 4.69) is 17.4 Å².